The zero-order valence-corrected chi connectivity index (χ0v) is 8.28. The van der Waals surface area contributed by atoms with E-state index in [1.807, 2.05) is 0 Å². The first-order valence-electron chi connectivity index (χ1n) is 4.26. The molecule has 0 aliphatic carbocycles. The maximum absolute atomic E-state index is 10.9. The summed E-state index contributed by atoms with van der Waals surface area (Å²) in [6, 6.07) is 0. The first kappa shape index (κ1) is 12.5. The summed E-state index contributed by atoms with van der Waals surface area (Å²) in [6.07, 6.45) is 1.10. The van der Waals surface area contributed by atoms with Crippen molar-refractivity contribution < 1.29 is 24.2 Å². The Balaban J connectivity index is 3.76. The number of ether oxygens (including phenoxy) is 2. The van der Waals surface area contributed by atoms with Gasteiger partial charge in [-0.15, -0.1) is 0 Å². The van der Waals surface area contributed by atoms with Gasteiger partial charge >= 0.3 is 11.9 Å². The van der Waals surface area contributed by atoms with Gasteiger partial charge in [-0.1, -0.05) is 0 Å². The minimum atomic E-state index is -0.936. The van der Waals surface area contributed by atoms with Crippen LogP contribution in [0.3, 0.4) is 0 Å². The van der Waals surface area contributed by atoms with Gasteiger partial charge in [0.05, 0.1) is 25.7 Å². The molecule has 0 unspecified atom stereocenters. The van der Waals surface area contributed by atoms with Crippen LogP contribution in [0.25, 0.3) is 0 Å². The Morgan fingerprint density at radius 2 is 2.00 bits per heavy atom. The molecule has 1 N–H and O–H groups in total. The number of hydrogen-bond acceptors (Lipinski definition) is 4. The van der Waals surface area contributed by atoms with Crippen molar-refractivity contribution in [2.24, 2.45) is 0 Å². The summed E-state index contributed by atoms with van der Waals surface area (Å²) in [4.78, 5) is 21.0. The van der Waals surface area contributed by atoms with Crippen LogP contribution in [0.15, 0.2) is 11.8 Å². The Morgan fingerprint density at radius 1 is 1.36 bits per heavy atom. The lowest BCUT2D eigenvalue weighted by molar-refractivity contribution is -0.138. The van der Waals surface area contributed by atoms with Crippen LogP contribution in [0.2, 0.25) is 0 Å². The molecule has 0 rings (SSSR count). The van der Waals surface area contributed by atoms with Gasteiger partial charge in [0.15, 0.2) is 0 Å². The van der Waals surface area contributed by atoms with Crippen molar-refractivity contribution in [1.29, 1.82) is 0 Å². The summed E-state index contributed by atoms with van der Waals surface area (Å²) in [5, 5.41) is 8.30. The summed E-state index contributed by atoms with van der Waals surface area (Å²) < 4.78 is 9.58. The number of aliphatic carboxylic acids is 1. The highest BCUT2D eigenvalue weighted by Gasteiger charge is 2.00. The molecule has 0 aromatic heterocycles. The smallest absolute Gasteiger partial charge is 0.334 e. The molecule has 0 saturated heterocycles. The largest absolute Gasteiger partial charge is 0.497 e. The van der Waals surface area contributed by atoms with Crippen LogP contribution < -0.4 is 0 Å². The molecule has 0 spiro atoms. The second-order valence-electron chi connectivity index (χ2n) is 2.50. The summed E-state index contributed by atoms with van der Waals surface area (Å²) in [6.45, 7) is 3.62. The molecule has 14 heavy (non-hydrogen) atoms. The fraction of sp³-hybridized carbons (Fsp3) is 0.556. The van der Waals surface area contributed by atoms with Crippen LogP contribution >= 0.6 is 0 Å². The van der Waals surface area contributed by atoms with Gasteiger partial charge in [-0.05, 0) is 13.8 Å². The second-order valence-corrected chi connectivity index (χ2v) is 2.50. The quantitative estimate of drug-likeness (QED) is 0.394. The molecular weight excluding hydrogens is 188 g/mol. The molecule has 0 fully saturated rings. The standard InChI is InChI=1S/C9H14O5/c1-3-13-9(12)6-7(2)14-5-4-8(10)11/h6H,3-5H2,1-2H3,(H,10,11)/b7-6-. The zero-order chi connectivity index (χ0) is 11.0. The van der Waals surface area contributed by atoms with Crippen molar-refractivity contribution in [3.8, 4) is 0 Å². The minimum Gasteiger partial charge on any atom is -0.497 e. The lowest BCUT2D eigenvalue weighted by Gasteiger charge is -2.03. The summed E-state index contributed by atoms with van der Waals surface area (Å²) in [5.41, 5.74) is 0. The molecule has 0 aliphatic heterocycles. The molecule has 0 atom stereocenters. The maximum Gasteiger partial charge on any atom is 0.334 e. The van der Waals surface area contributed by atoms with Crippen molar-refractivity contribution >= 4 is 11.9 Å². The maximum atomic E-state index is 10.9. The topological polar surface area (TPSA) is 72.8 Å². The predicted octanol–water partition coefficient (Wildman–Crippen LogP) is 0.945. The van der Waals surface area contributed by atoms with E-state index in [2.05, 4.69) is 4.74 Å². The van der Waals surface area contributed by atoms with E-state index in [0.29, 0.717) is 12.4 Å². The highest BCUT2D eigenvalue weighted by atomic mass is 16.5. The Bertz CT molecular complexity index is 231. The van der Waals surface area contributed by atoms with Gasteiger partial charge in [-0.25, -0.2) is 4.79 Å². The van der Waals surface area contributed by atoms with Gasteiger partial charge in [-0.3, -0.25) is 4.79 Å². The molecule has 5 heteroatoms. The predicted molar refractivity (Wildman–Crippen MR) is 48.6 cm³/mol. The summed E-state index contributed by atoms with van der Waals surface area (Å²) >= 11 is 0. The van der Waals surface area contributed by atoms with Gasteiger partial charge in [0, 0.05) is 0 Å². The van der Waals surface area contributed by atoms with E-state index >= 15 is 0 Å². The fourth-order valence-electron chi connectivity index (χ4n) is 0.691. The number of carboxylic acid groups (broad SMARTS) is 1. The van der Waals surface area contributed by atoms with E-state index < -0.39 is 11.9 Å². The number of carbonyl (C=O) groups excluding carboxylic acids is 1. The normalized spacial score (nSPS) is 10.9. The van der Waals surface area contributed by atoms with Gasteiger partial charge in [0.2, 0.25) is 0 Å². The summed E-state index contributed by atoms with van der Waals surface area (Å²) in [5.74, 6) is -1.07. The van der Waals surface area contributed by atoms with Crippen molar-refractivity contribution in [3.63, 3.8) is 0 Å². The molecule has 0 bridgehead atoms. The Kier molecular flexibility index (Phi) is 6.19. The number of carboxylic acids is 1. The zero-order valence-electron chi connectivity index (χ0n) is 8.28. The van der Waals surface area contributed by atoms with E-state index in [9.17, 15) is 9.59 Å². The van der Waals surface area contributed by atoms with Crippen LogP contribution in [-0.4, -0.2) is 30.3 Å². The Hall–Kier alpha value is -1.52. The molecule has 0 aromatic rings. The third-order valence-electron chi connectivity index (χ3n) is 1.25. The van der Waals surface area contributed by atoms with E-state index in [0.717, 1.165) is 0 Å². The number of carbonyl (C=O) groups is 2. The third kappa shape index (κ3) is 7.15. The van der Waals surface area contributed by atoms with Gasteiger partial charge in [-0.2, -0.15) is 0 Å². The lowest BCUT2D eigenvalue weighted by atomic mass is 10.4. The molecule has 80 valence electrons. The molecule has 0 radical (unpaired) electrons. The number of rotatable bonds is 6. The number of esters is 1. The Labute approximate surface area is 82.3 Å². The lowest BCUT2D eigenvalue weighted by Crippen LogP contribution is -2.04. The first-order chi connectivity index (χ1) is 6.56. The van der Waals surface area contributed by atoms with Gasteiger partial charge in [0.1, 0.15) is 5.76 Å². The van der Waals surface area contributed by atoms with Crippen LogP contribution in [0.1, 0.15) is 20.3 Å². The van der Waals surface area contributed by atoms with Crippen molar-refractivity contribution in [1.82, 2.24) is 0 Å². The third-order valence-corrected chi connectivity index (χ3v) is 1.25. The number of allylic oxidation sites excluding steroid dienone is 1. The molecular formula is C9H14O5. The van der Waals surface area contributed by atoms with E-state index in [1.165, 1.54) is 6.08 Å². The van der Waals surface area contributed by atoms with Crippen molar-refractivity contribution in [2.45, 2.75) is 20.3 Å². The van der Waals surface area contributed by atoms with Gasteiger partial charge < -0.3 is 14.6 Å². The average Bonchev–Trinajstić information content (AvgIpc) is 2.03. The second kappa shape index (κ2) is 6.94. The summed E-state index contributed by atoms with van der Waals surface area (Å²) in [7, 11) is 0. The van der Waals surface area contributed by atoms with Crippen LogP contribution in [-0.2, 0) is 19.1 Å². The molecule has 0 saturated carbocycles. The van der Waals surface area contributed by atoms with Gasteiger partial charge in [0.25, 0.3) is 0 Å². The molecule has 0 aliphatic rings. The Morgan fingerprint density at radius 3 is 2.50 bits per heavy atom. The van der Waals surface area contributed by atoms with Crippen molar-refractivity contribution in [3.05, 3.63) is 11.8 Å². The molecule has 0 aromatic carbocycles. The van der Waals surface area contributed by atoms with E-state index in [-0.39, 0.29) is 13.0 Å². The number of hydrogen-bond donors (Lipinski definition) is 1. The van der Waals surface area contributed by atoms with Crippen LogP contribution in [0.5, 0.6) is 0 Å². The molecule has 5 nitrogen and oxygen atoms in total. The SMILES string of the molecule is CCOC(=O)/C=C(/C)OCCC(=O)O. The highest BCUT2D eigenvalue weighted by Crippen LogP contribution is 1.97. The minimum absolute atomic E-state index is 0.0527. The monoisotopic (exact) mass is 202 g/mol. The highest BCUT2D eigenvalue weighted by molar-refractivity contribution is 5.82. The van der Waals surface area contributed by atoms with E-state index in [1.54, 1.807) is 13.8 Å². The molecule has 0 amide bonds. The molecule has 0 heterocycles. The van der Waals surface area contributed by atoms with Crippen LogP contribution in [0.4, 0.5) is 0 Å². The average molecular weight is 202 g/mol. The van der Waals surface area contributed by atoms with E-state index in [4.69, 9.17) is 9.84 Å². The fourth-order valence-corrected chi connectivity index (χ4v) is 0.691. The van der Waals surface area contributed by atoms with Crippen molar-refractivity contribution in [2.75, 3.05) is 13.2 Å². The van der Waals surface area contributed by atoms with Crippen LogP contribution in [0, 0.1) is 0 Å². The first-order valence-corrected chi connectivity index (χ1v) is 4.26.